The molecule has 1 nitrogen and oxygen atoms in total. The Balaban J connectivity index is 0. The monoisotopic (exact) mass is 160 g/mol. The molecule has 0 heterocycles. The van der Waals surface area contributed by atoms with Crippen molar-refractivity contribution < 1.29 is 17.7 Å². The van der Waals surface area contributed by atoms with Crippen LogP contribution in [0.1, 0.15) is 0 Å². The van der Waals surface area contributed by atoms with Gasteiger partial charge in [0.25, 0.3) is 0 Å². The van der Waals surface area contributed by atoms with Gasteiger partial charge in [0.2, 0.25) is 0 Å². The van der Waals surface area contributed by atoms with E-state index in [9.17, 15) is 13.2 Å². The Morgan fingerprint density at radius 3 is 1.11 bits per heavy atom. The van der Waals surface area contributed by atoms with Gasteiger partial charge in [0.05, 0.1) is 21.1 Å². The van der Waals surface area contributed by atoms with E-state index in [4.69, 9.17) is 0 Å². The Morgan fingerprint density at radius 2 is 1.11 bits per heavy atom. The number of quaternary nitrogens is 1. The second kappa shape index (κ2) is 2.70. The van der Waals surface area contributed by atoms with Gasteiger partial charge in [0, 0.05) is 0 Å². The smallest absolute Gasteiger partial charge is 0.238 e. The molecule has 0 N–H and O–H groups in total. The van der Waals surface area contributed by atoms with Gasteiger partial charge in [-0.2, -0.15) is 0 Å². The molecule has 0 aliphatic carbocycles. The zero-order valence-electron chi connectivity index (χ0n) is 5.08. The number of halogens is 3. The third-order valence-electron chi connectivity index (χ3n) is 0.761. The number of alkyl halides is 3. The maximum atomic E-state index is 11.5. The zero-order valence-corrected chi connectivity index (χ0v) is 5.08. The van der Waals surface area contributed by atoms with Crippen molar-refractivity contribution in [2.24, 2.45) is 0 Å². The highest BCUT2D eigenvalue weighted by Crippen LogP contribution is 2.22. The van der Waals surface area contributed by atoms with Crippen molar-refractivity contribution in [3.8, 4) is 0 Å². The van der Waals surface area contributed by atoms with E-state index in [1.807, 2.05) is 0 Å². The van der Waals surface area contributed by atoms with Crippen LogP contribution in [0.15, 0.2) is 0 Å². The second-order valence-corrected chi connectivity index (χ2v) is 2.48. The minimum atomic E-state index is -4.12. The van der Waals surface area contributed by atoms with E-state index >= 15 is 0 Å². The summed E-state index contributed by atoms with van der Waals surface area (Å²) in [6, 6.07) is 0. The fourth-order valence-electron chi connectivity index (χ4n) is 0. The van der Waals surface area contributed by atoms with Gasteiger partial charge >= 0.3 is 6.30 Å². The Kier molecular flexibility index (Phi) is 3.52. The van der Waals surface area contributed by atoms with Gasteiger partial charge in [-0.3, -0.25) is 0 Å². The molecular weight excluding hydrogens is 147 g/mol. The lowest BCUT2D eigenvalue weighted by Gasteiger charge is -2.24. The minimum Gasteiger partial charge on any atom is -0.238 e. The van der Waals surface area contributed by atoms with Crippen molar-refractivity contribution in [2.75, 3.05) is 21.1 Å². The summed E-state index contributed by atoms with van der Waals surface area (Å²) >= 11 is 0. The van der Waals surface area contributed by atoms with Crippen LogP contribution in [0.3, 0.4) is 0 Å². The van der Waals surface area contributed by atoms with Gasteiger partial charge in [0.1, 0.15) is 0 Å². The number of hydrogen-bond donors (Lipinski definition) is 0. The SMILES string of the molecule is C[N+](C)(C)C(F)(F)F.[SiH4]. The molecule has 0 spiro atoms. The highest BCUT2D eigenvalue weighted by atomic mass is 28.1. The molecule has 9 heavy (non-hydrogen) atoms. The third kappa shape index (κ3) is 3.53. The van der Waals surface area contributed by atoms with Crippen LogP contribution in [0.2, 0.25) is 0 Å². The first-order valence-electron chi connectivity index (χ1n) is 2.13. The molecule has 0 amide bonds. The first-order valence-corrected chi connectivity index (χ1v) is 2.13. The molecule has 0 aromatic heterocycles. The van der Waals surface area contributed by atoms with Crippen molar-refractivity contribution in [1.82, 2.24) is 0 Å². The second-order valence-electron chi connectivity index (χ2n) is 2.48. The summed E-state index contributed by atoms with van der Waals surface area (Å²) in [4.78, 5) is 0. The summed E-state index contributed by atoms with van der Waals surface area (Å²) in [7, 11) is 3.25. The molecule has 0 rings (SSSR count). The standard InChI is InChI=1S/C4H9F3N.H4Si/c1-8(2,3)4(5,6)7;/h1-3H3;1H4/q+1;. The lowest BCUT2D eigenvalue weighted by molar-refractivity contribution is -0.981. The first-order chi connectivity index (χ1) is 3.25. The van der Waals surface area contributed by atoms with Gasteiger partial charge in [-0.05, 0) is 11.0 Å². The van der Waals surface area contributed by atoms with Crippen LogP contribution >= 0.6 is 0 Å². The van der Waals surface area contributed by atoms with Crippen LogP contribution in [0.5, 0.6) is 0 Å². The fraction of sp³-hybridized carbons (Fsp3) is 1.00. The molecule has 0 aromatic carbocycles. The zero-order chi connectivity index (χ0) is 7.00. The molecule has 5 heteroatoms. The topological polar surface area (TPSA) is 0 Å². The Morgan fingerprint density at radius 1 is 1.00 bits per heavy atom. The minimum absolute atomic E-state index is 0. The average molecular weight is 160 g/mol. The van der Waals surface area contributed by atoms with Crippen LogP contribution < -0.4 is 0 Å². The van der Waals surface area contributed by atoms with Crippen molar-refractivity contribution in [2.45, 2.75) is 6.30 Å². The van der Waals surface area contributed by atoms with E-state index in [1.165, 1.54) is 0 Å². The molecule has 0 atom stereocenters. The molecule has 0 saturated carbocycles. The molecule has 0 aromatic rings. The summed E-state index contributed by atoms with van der Waals surface area (Å²) in [5, 5.41) is 0. The molecule has 58 valence electrons. The van der Waals surface area contributed by atoms with Gasteiger partial charge in [-0.25, -0.2) is 4.48 Å². The van der Waals surface area contributed by atoms with E-state index < -0.39 is 10.8 Å². The Labute approximate surface area is 57.1 Å². The molecule has 0 radical (unpaired) electrons. The molecular formula is C4H13F3NSi+. The number of rotatable bonds is 0. The van der Waals surface area contributed by atoms with Gasteiger partial charge < -0.3 is 0 Å². The predicted molar refractivity (Wildman–Crippen MR) is 35.4 cm³/mol. The predicted octanol–water partition coefficient (Wildman–Crippen LogP) is -0.239. The number of nitrogens with zero attached hydrogens (tertiary/aromatic N) is 1. The molecule has 0 fully saturated rings. The van der Waals surface area contributed by atoms with E-state index in [2.05, 4.69) is 0 Å². The van der Waals surface area contributed by atoms with Crippen molar-refractivity contribution in [1.29, 1.82) is 0 Å². The first kappa shape index (κ1) is 11.7. The largest absolute Gasteiger partial charge is 0.560 e. The summed E-state index contributed by atoms with van der Waals surface area (Å²) in [6.07, 6.45) is -4.12. The molecule has 0 aliphatic heterocycles. The maximum absolute atomic E-state index is 11.5. The maximum Gasteiger partial charge on any atom is 0.560 e. The average Bonchev–Trinajstić information content (AvgIpc) is 1.25. The summed E-state index contributed by atoms with van der Waals surface area (Å²) in [5.41, 5.74) is 0. The fourth-order valence-corrected chi connectivity index (χ4v) is 0. The van der Waals surface area contributed by atoms with Crippen LogP contribution in [-0.2, 0) is 0 Å². The third-order valence-corrected chi connectivity index (χ3v) is 0.761. The highest BCUT2D eigenvalue weighted by Gasteiger charge is 2.44. The van der Waals surface area contributed by atoms with E-state index in [0.717, 1.165) is 21.1 Å². The summed E-state index contributed by atoms with van der Waals surface area (Å²) in [6.45, 7) is 0. The summed E-state index contributed by atoms with van der Waals surface area (Å²) in [5.74, 6) is 0. The van der Waals surface area contributed by atoms with Crippen LogP contribution in [0, 0.1) is 0 Å². The summed E-state index contributed by atoms with van der Waals surface area (Å²) < 4.78 is 33.6. The molecule has 0 unspecified atom stereocenters. The lowest BCUT2D eigenvalue weighted by Crippen LogP contribution is -2.47. The van der Waals surface area contributed by atoms with Crippen molar-refractivity contribution in [3.05, 3.63) is 0 Å². The van der Waals surface area contributed by atoms with E-state index in [-0.39, 0.29) is 11.0 Å². The Bertz CT molecular complexity index is 70.8. The quantitative estimate of drug-likeness (QED) is 0.261. The molecule has 0 bridgehead atoms. The van der Waals surface area contributed by atoms with E-state index in [0.29, 0.717) is 0 Å². The van der Waals surface area contributed by atoms with Crippen molar-refractivity contribution >= 4 is 11.0 Å². The van der Waals surface area contributed by atoms with E-state index in [1.54, 1.807) is 0 Å². The molecule has 0 aliphatic rings. The lowest BCUT2D eigenvalue weighted by atomic mass is 10.7. The normalized spacial score (nSPS) is 12.7. The van der Waals surface area contributed by atoms with Crippen LogP contribution in [0.25, 0.3) is 0 Å². The Hall–Kier alpha value is -0.0331. The number of hydrogen-bond acceptors (Lipinski definition) is 0. The van der Waals surface area contributed by atoms with Crippen molar-refractivity contribution in [3.63, 3.8) is 0 Å². The molecule has 0 saturated heterocycles. The van der Waals surface area contributed by atoms with Crippen LogP contribution in [0.4, 0.5) is 13.2 Å². The van der Waals surface area contributed by atoms with Gasteiger partial charge in [-0.15, -0.1) is 13.2 Å². The highest BCUT2D eigenvalue weighted by molar-refractivity contribution is 5.75. The van der Waals surface area contributed by atoms with Gasteiger partial charge in [-0.1, -0.05) is 0 Å². The van der Waals surface area contributed by atoms with Crippen LogP contribution in [-0.4, -0.2) is 42.9 Å². The van der Waals surface area contributed by atoms with Gasteiger partial charge in [0.15, 0.2) is 0 Å².